The maximum Gasteiger partial charge on any atom is 0.0980 e. The summed E-state index contributed by atoms with van der Waals surface area (Å²) in [5.41, 5.74) is -1.14. The van der Waals surface area contributed by atoms with Gasteiger partial charge in [0.05, 0.1) is 18.8 Å². The minimum absolute atomic E-state index is 0.0640. The Morgan fingerprint density at radius 2 is 1.93 bits per heavy atom. The van der Waals surface area contributed by atoms with E-state index in [4.69, 9.17) is 4.74 Å². The molecule has 0 bridgehead atoms. The minimum Gasteiger partial charge on any atom is -0.396 e. The van der Waals surface area contributed by atoms with E-state index in [1.165, 1.54) is 0 Å². The van der Waals surface area contributed by atoms with Crippen molar-refractivity contribution in [2.75, 3.05) is 32.9 Å². The summed E-state index contributed by atoms with van der Waals surface area (Å²) in [4.78, 5) is 0. The van der Waals surface area contributed by atoms with E-state index in [2.05, 4.69) is 5.32 Å². The second kappa shape index (κ2) is 3.77. The summed E-state index contributed by atoms with van der Waals surface area (Å²) in [6.07, 6.45) is 2.33. The zero-order valence-electron chi connectivity index (χ0n) is 8.46. The largest absolute Gasteiger partial charge is 0.396 e. The van der Waals surface area contributed by atoms with Crippen LogP contribution in [0.25, 0.3) is 0 Å². The fourth-order valence-corrected chi connectivity index (χ4v) is 2.65. The molecule has 4 nitrogen and oxygen atoms in total. The lowest BCUT2D eigenvalue weighted by Crippen LogP contribution is -2.56. The average molecular weight is 201 g/mol. The molecule has 0 aliphatic carbocycles. The van der Waals surface area contributed by atoms with Crippen LogP contribution < -0.4 is 5.32 Å². The molecule has 2 heterocycles. The Bertz CT molecular complexity index is 196. The molecule has 2 rings (SSSR count). The Labute approximate surface area is 84.3 Å². The molecule has 2 fully saturated rings. The first-order valence-electron chi connectivity index (χ1n) is 5.34. The van der Waals surface area contributed by atoms with E-state index in [1.54, 1.807) is 0 Å². The molecule has 0 aromatic rings. The minimum atomic E-state index is -0.802. The first-order valence-corrected chi connectivity index (χ1v) is 5.34. The number of nitrogens with one attached hydrogen (secondary N) is 1. The van der Waals surface area contributed by atoms with Crippen LogP contribution in [0.15, 0.2) is 0 Å². The van der Waals surface area contributed by atoms with E-state index in [-0.39, 0.29) is 12.0 Å². The highest BCUT2D eigenvalue weighted by atomic mass is 16.5. The molecule has 0 aromatic heterocycles. The van der Waals surface area contributed by atoms with Crippen LogP contribution in [0, 0.1) is 5.41 Å². The molecule has 3 N–H and O–H groups in total. The molecule has 0 saturated carbocycles. The molecule has 2 aliphatic rings. The zero-order chi connectivity index (χ0) is 10.1. The van der Waals surface area contributed by atoms with Gasteiger partial charge in [-0.1, -0.05) is 0 Å². The third-order valence-electron chi connectivity index (χ3n) is 3.85. The third kappa shape index (κ3) is 1.46. The predicted molar refractivity (Wildman–Crippen MR) is 52.0 cm³/mol. The van der Waals surface area contributed by atoms with Gasteiger partial charge >= 0.3 is 0 Å². The summed E-state index contributed by atoms with van der Waals surface area (Å²) >= 11 is 0. The molecule has 14 heavy (non-hydrogen) atoms. The normalized spacial score (nSPS) is 37.3. The molecule has 0 spiro atoms. The van der Waals surface area contributed by atoms with Crippen molar-refractivity contribution in [3.8, 4) is 0 Å². The number of piperidine rings is 1. The fourth-order valence-electron chi connectivity index (χ4n) is 2.65. The highest BCUT2D eigenvalue weighted by molar-refractivity contribution is 5.02. The van der Waals surface area contributed by atoms with Gasteiger partial charge in [-0.3, -0.25) is 0 Å². The van der Waals surface area contributed by atoms with Gasteiger partial charge in [0, 0.05) is 18.4 Å². The molecule has 82 valence electrons. The number of hydrogen-bond acceptors (Lipinski definition) is 4. The van der Waals surface area contributed by atoms with Gasteiger partial charge in [0.15, 0.2) is 0 Å². The fraction of sp³-hybridized carbons (Fsp3) is 1.00. The van der Waals surface area contributed by atoms with E-state index in [1.807, 2.05) is 0 Å². The molecule has 1 unspecified atom stereocenters. The third-order valence-corrected chi connectivity index (χ3v) is 3.85. The Morgan fingerprint density at radius 3 is 2.43 bits per heavy atom. The summed E-state index contributed by atoms with van der Waals surface area (Å²) in [5.74, 6) is 0. The van der Waals surface area contributed by atoms with Crippen molar-refractivity contribution in [2.24, 2.45) is 5.41 Å². The zero-order valence-corrected chi connectivity index (χ0v) is 8.46. The Kier molecular flexibility index (Phi) is 2.79. The van der Waals surface area contributed by atoms with Crippen molar-refractivity contribution >= 4 is 0 Å². The highest BCUT2D eigenvalue weighted by Crippen LogP contribution is 2.44. The summed E-state index contributed by atoms with van der Waals surface area (Å²) in [6, 6.07) is 0. The van der Waals surface area contributed by atoms with E-state index in [0.29, 0.717) is 19.6 Å². The lowest BCUT2D eigenvalue weighted by molar-refractivity contribution is -0.124. The molecule has 0 amide bonds. The van der Waals surface area contributed by atoms with Crippen LogP contribution in [0.4, 0.5) is 0 Å². The number of rotatable bonds is 2. The molecule has 2 saturated heterocycles. The summed E-state index contributed by atoms with van der Waals surface area (Å²) in [5, 5.41) is 23.2. The molecular weight excluding hydrogens is 182 g/mol. The van der Waals surface area contributed by atoms with E-state index in [0.717, 1.165) is 25.9 Å². The van der Waals surface area contributed by atoms with Crippen LogP contribution >= 0.6 is 0 Å². The van der Waals surface area contributed by atoms with Gasteiger partial charge < -0.3 is 20.3 Å². The topological polar surface area (TPSA) is 61.7 Å². The SMILES string of the molecule is OCC1(C2(O)CCOC2)CCNCC1. The smallest absolute Gasteiger partial charge is 0.0980 e. The number of hydrogen-bond donors (Lipinski definition) is 3. The quantitative estimate of drug-likeness (QED) is 0.563. The van der Waals surface area contributed by atoms with E-state index < -0.39 is 5.60 Å². The van der Waals surface area contributed by atoms with Crippen LogP contribution in [-0.4, -0.2) is 48.7 Å². The van der Waals surface area contributed by atoms with E-state index >= 15 is 0 Å². The van der Waals surface area contributed by atoms with E-state index in [9.17, 15) is 10.2 Å². The van der Waals surface area contributed by atoms with Gasteiger partial charge in [-0.15, -0.1) is 0 Å². The lowest BCUT2D eigenvalue weighted by Gasteiger charge is -2.46. The number of aliphatic hydroxyl groups is 2. The van der Waals surface area contributed by atoms with Crippen LogP contribution in [0.2, 0.25) is 0 Å². The maximum atomic E-state index is 10.5. The number of ether oxygens (including phenoxy) is 1. The van der Waals surface area contributed by atoms with Gasteiger partial charge in [0.1, 0.15) is 0 Å². The van der Waals surface area contributed by atoms with Gasteiger partial charge in [0.25, 0.3) is 0 Å². The predicted octanol–water partition coefficient (Wildman–Crippen LogP) is -0.500. The highest BCUT2D eigenvalue weighted by Gasteiger charge is 2.52. The van der Waals surface area contributed by atoms with Crippen LogP contribution in [-0.2, 0) is 4.74 Å². The van der Waals surface area contributed by atoms with Crippen molar-refractivity contribution in [3.05, 3.63) is 0 Å². The van der Waals surface area contributed by atoms with Crippen molar-refractivity contribution in [1.29, 1.82) is 0 Å². The number of aliphatic hydroxyl groups excluding tert-OH is 1. The van der Waals surface area contributed by atoms with Crippen LogP contribution in [0.3, 0.4) is 0 Å². The van der Waals surface area contributed by atoms with Crippen LogP contribution in [0.1, 0.15) is 19.3 Å². The Hall–Kier alpha value is -0.160. The van der Waals surface area contributed by atoms with Crippen LogP contribution in [0.5, 0.6) is 0 Å². The second-order valence-corrected chi connectivity index (χ2v) is 4.52. The summed E-state index contributed by atoms with van der Waals surface area (Å²) < 4.78 is 5.26. The first-order chi connectivity index (χ1) is 6.72. The van der Waals surface area contributed by atoms with Gasteiger partial charge in [0.2, 0.25) is 0 Å². The second-order valence-electron chi connectivity index (χ2n) is 4.52. The molecule has 0 aromatic carbocycles. The molecule has 1 atom stereocenters. The van der Waals surface area contributed by atoms with Crippen molar-refractivity contribution in [1.82, 2.24) is 5.32 Å². The molecule has 4 heteroatoms. The molecule has 0 radical (unpaired) electrons. The van der Waals surface area contributed by atoms with Gasteiger partial charge in [-0.2, -0.15) is 0 Å². The van der Waals surface area contributed by atoms with Crippen molar-refractivity contribution in [3.63, 3.8) is 0 Å². The average Bonchev–Trinajstić information content (AvgIpc) is 2.68. The maximum absolute atomic E-state index is 10.5. The monoisotopic (exact) mass is 201 g/mol. The Morgan fingerprint density at radius 1 is 1.21 bits per heavy atom. The van der Waals surface area contributed by atoms with Gasteiger partial charge in [-0.25, -0.2) is 0 Å². The Balaban J connectivity index is 2.16. The molecular formula is C10H19NO3. The molecule has 2 aliphatic heterocycles. The standard InChI is InChI=1S/C10H19NO3/c12-7-9(1-4-11-5-2-9)10(13)3-6-14-8-10/h11-13H,1-8H2. The van der Waals surface area contributed by atoms with Crippen molar-refractivity contribution < 1.29 is 14.9 Å². The van der Waals surface area contributed by atoms with Crippen molar-refractivity contribution in [2.45, 2.75) is 24.9 Å². The lowest BCUT2D eigenvalue weighted by atomic mass is 9.66. The first kappa shape index (κ1) is 10.4. The summed E-state index contributed by atoms with van der Waals surface area (Å²) in [7, 11) is 0. The van der Waals surface area contributed by atoms with Gasteiger partial charge in [-0.05, 0) is 25.9 Å². The summed E-state index contributed by atoms with van der Waals surface area (Å²) in [6.45, 7) is 2.82.